The van der Waals surface area contributed by atoms with Gasteiger partial charge in [0.15, 0.2) is 0 Å². The first-order valence-electron chi connectivity index (χ1n) is 6.81. The summed E-state index contributed by atoms with van der Waals surface area (Å²) in [6, 6.07) is 15.7. The fourth-order valence-corrected chi connectivity index (χ4v) is 2.26. The zero-order chi connectivity index (χ0) is 14.4. The Morgan fingerprint density at radius 2 is 1.90 bits per heavy atom. The summed E-state index contributed by atoms with van der Waals surface area (Å²) in [4.78, 5) is 0. The zero-order valence-corrected chi connectivity index (χ0v) is 12.3. The van der Waals surface area contributed by atoms with Crippen LogP contribution in [0.1, 0.15) is 30.6 Å². The molecule has 0 unspecified atom stereocenters. The SMILES string of the molecule is C[C@H](O)c1cc(Cl)ccc1OCCCc1ccccc1. The third kappa shape index (κ3) is 4.26. The Labute approximate surface area is 125 Å². The number of rotatable bonds is 6. The van der Waals surface area contributed by atoms with Gasteiger partial charge in [-0.1, -0.05) is 41.9 Å². The summed E-state index contributed by atoms with van der Waals surface area (Å²) in [6.07, 6.45) is 1.34. The lowest BCUT2D eigenvalue weighted by molar-refractivity contribution is 0.191. The highest BCUT2D eigenvalue weighted by molar-refractivity contribution is 6.30. The number of benzene rings is 2. The molecule has 0 saturated carbocycles. The Morgan fingerprint density at radius 1 is 1.15 bits per heavy atom. The molecule has 0 aliphatic carbocycles. The third-order valence-corrected chi connectivity index (χ3v) is 3.37. The Morgan fingerprint density at radius 3 is 2.60 bits per heavy atom. The van der Waals surface area contributed by atoms with E-state index in [9.17, 15) is 5.11 Å². The fraction of sp³-hybridized carbons (Fsp3) is 0.294. The molecule has 0 aromatic heterocycles. The normalized spacial score (nSPS) is 12.2. The van der Waals surface area contributed by atoms with E-state index in [1.165, 1.54) is 5.56 Å². The van der Waals surface area contributed by atoms with Gasteiger partial charge in [0.1, 0.15) is 5.75 Å². The number of aliphatic hydroxyl groups is 1. The van der Waals surface area contributed by atoms with E-state index in [2.05, 4.69) is 12.1 Å². The van der Waals surface area contributed by atoms with Gasteiger partial charge in [-0.05, 0) is 43.5 Å². The Balaban J connectivity index is 1.88. The summed E-state index contributed by atoms with van der Waals surface area (Å²) in [5.74, 6) is 0.706. The lowest BCUT2D eigenvalue weighted by Gasteiger charge is -2.13. The Bertz CT molecular complexity index is 538. The molecule has 1 atom stereocenters. The van der Waals surface area contributed by atoms with Crippen molar-refractivity contribution < 1.29 is 9.84 Å². The summed E-state index contributed by atoms with van der Waals surface area (Å²) >= 11 is 5.94. The Hall–Kier alpha value is -1.51. The molecule has 0 aliphatic heterocycles. The molecule has 2 nitrogen and oxygen atoms in total. The molecule has 0 aliphatic rings. The molecule has 2 aromatic rings. The van der Waals surface area contributed by atoms with Crippen molar-refractivity contribution in [1.82, 2.24) is 0 Å². The highest BCUT2D eigenvalue weighted by Crippen LogP contribution is 2.28. The van der Waals surface area contributed by atoms with E-state index in [-0.39, 0.29) is 0 Å². The average molecular weight is 291 g/mol. The van der Waals surface area contributed by atoms with Crippen LogP contribution in [-0.4, -0.2) is 11.7 Å². The van der Waals surface area contributed by atoms with Gasteiger partial charge < -0.3 is 9.84 Å². The van der Waals surface area contributed by atoms with Crippen molar-refractivity contribution in [2.45, 2.75) is 25.9 Å². The first kappa shape index (κ1) is 14.9. The molecule has 20 heavy (non-hydrogen) atoms. The summed E-state index contributed by atoms with van der Waals surface area (Å²) in [5.41, 5.74) is 2.04. The number of hydrogen-bond acceptors (Lipinski definition) is 2. The van der Waals surface area contributed by atoms with Crippen LogP contribution in [0.25, 0.3) is 0 Å². The second kappa shape index (κ2) is 7.32. The van der Waals surface area contributed by atoms with Crippen LogP contribution in [0, 0.1) is 0 Å². The van der Waals surface area contributed by atoms with Crippen LogP contribution in [0.3, 0.4) is 0 Å². The molecule has 106 valence electrons. The largest absolute Gasteiger partial charge is 0.493 e. The van der Waals surface area contributed by atoms with Crippen molar-refractivity contribution in [3.05, 3.63) is 64.7 Å². The predicted molar refractivity (Wildman–Crippen MR) is 82.3 cm³/mol. The molecular formula is C17H19ClO2. The van der Waals surface area contributed by atoms with Crippen LogP contribution in [0.2, 0.25) is 5.02 Å². The summed E-state index contributed by atoms with van der Waals surface area (Å²) < 4.78 is 5.76. The molecular weight excluding hydrogens is 272 g/mol. The van der Waals surface area contributed by atoms with Crippen molar-refractivity contribution in [3.8, 4) is 5.75 Å². The summed E-state index contributed by atoms with van der Waals surface area (Å²) in [5, 5.41) is 10.3. The van der Waals surface area contributed by atoms with Crippen molar-refractivity contribution in [1.29, 1.82) is 0 Å². The van der Waals surface area contributed by atoms with E-state index >= 15 is 0 Å². The van der Waals surface area contributed by atoms with Crippen LogP contribution in [0.5, 0.6) is 5.75 Å². The smallest absolute Gasteiger partial charge is 0.125 e. The van der Waals surface area contributed by atoms with E-state index in [0.717, 1.165) is 18.4 Å². The number of halogens is 1. The topological polar surface area (TPSA) is 29.5 Å². The minimum atomic E-state index is -0.585. The van der Waals surface area contributed by atoms with Crippen molar-refractivity contribution in [3.63, 3.8) is 0 Å². The Kier molecular flexibility index (Phi) is 5.45. The predicted octanol–water partition coefficient (Wildman–Crippen LogP) is 4.40. The summed E-state index contributed by atoms with van der Waals surface area (Å²) in [7, 11) is 0. The lowest BCUT2D eigenvalue weighted by atomic mass is 10.1. The number of aliphatic hydroxyl groups excluding tert-OH is 1. The fourth-order valence-electron chi connectivity index (χ4n) is 2.08. The van der Waals surface area contributed by atoms with E-state index in [0.29, 0.717) is 17.4 Å². The number of hydrogen-bond donors (Lipinski definition) is 1. The molecule has 0 spiro atoms. The summed E-state index contributed by atoms with van der Waals surface area (Å²) in [6.45, 7) is 2.33. The van der Waals surface area contributed by atoms with Gasteiger partial charge in [0.05, 0.1) is 12.7 Å². The maximum atomic E-state index is 9.72. The van der Waals surface area contributed by atoms with Crippen molar-refractivity contribution in [2.24, 2.45) is 0 Å². The van der Waals surface area contributed by atoms with Gasteiger partial charge in [-0.2, -0.15) is 0 Å². The van der Waals surface area contributed by atoms with E-state index in [4.69, 9.17) is 16.3 Å². The zero-order valence-electron chi connectivity index (χ0n) is 11.6. The molecule has 2 aromatic carbocycles. The minimum Gasteiger partial charge on any atom is -0.493 e. The molecule has 0 saturated heterocycles. The van der Waals surface area contributed by atoms with E-state index < -0.39 is 6.10 Å². The van der Waals surface area contributed by atoms with Gasteiger partial charge in [0.25, 0.3) is 0 Å². The first-order valence-corrected chi connectivity index (χ1v) is 7.19. The van der Waals surface area contributed by atoms with Gasteiger partial charge in [0, 0.05) is 10.6 Å². The van der Waals surface area contributed by atoms with E-state index in [1.54, 1.807) is 19.1 Å². The first-order chi connectivity index (χ1) is 9.66. The van der Waals surface area contributed by atoms with Crippen molar-refractivity contribution >= 4 is 11.6 Å². The van der Waals surface area contributed by atoms with Crippen LogP contribution >= 0.6 is 11.6 Å². The third-order valence-electron chi connectivity index (χ3n) is 3.13. The van der Waals surface area contributed by atoms with Crippen LogP contribution in [0.4, 0.5) is 0 Å². The standard InChI is InChI=1S/C17H19ClO2/c1-13(19)16-12-15(18)9-10-17(16)20-11-5-8-14-6-3-2-4-7-14/h2-4,6-7,9-10,12-13,19H,5,8,11H2,1H3/t13-/m0/s1. The minimum absolute atomic E-state index is 0.585. The lowest BCUT2D eigenvalue weighted by Crippen LogP contribution is -2.03. The van der Waals surface area contributed by atoms with Crippen molar-refractivity contribution in [2.75, 3.05) is 6.61 Å². The molecule has 0 amide bonds. The molecule has 2 rings (SSSR count). The molecule has 0 bridgehead atoms. The van der Waals surface area contributed by atoms with Crippen LogP contribution in [-0.2, 0) is 6.42 Å². The van der Waals surface area contributed by atoms with Crippen LogP contribution < -0.4 is 4.74 Å². The molecule has 0 heterocycles. The maximum absolute atomic E-state index is 9.72. The van der Waals surface area contributed by atoms with Gasteiger partial charge in [-0.3, -0.25) is 0 Å². The van der Waals surface area contributed by atoms with Gasteiger partial charge >= 0.3 is 0 Å². The highest BCUT2D eigenvalue weighted by atomic mass is 35.5. The monoisotopic (exact) mass is 290 g/mol. The second-order valence-electron chi connectivity index (χ2n) is 4.80. The molecule has 0 radical (unpaired) electrons. The van der Waals surface area contributed by atoms with Gasteiger partial charge in [0.2, 0.25) is 0 Å². The average Bonchev–Trinajstić information content (AvgIpc) is 2.45. The molecule has 1 N–H and O–H groups in total. The van der Waals surface area contributed by atoms with Crippen LogP contribution in [0.15, 0.2) is 48.5 Å². The van der Waals surface area contributed by atoms with Gasteiger partial charge in [-0.15, -0.1) is 0 Å². The second-order valence-corrected chi connectivity index (χ2v) is 5.23. The maximum Gasteiger partial charge on any atom is 0.125 e. The molecule has 0 fully saturated rings. The number of ether oxygens (including phenoxy) is 1. The quantitative estimate of drug-likeness (QED) is 0.799. The van der Waals surface area contributed by atoms with E-state index in [1.807, 2.05) is 24.3 Å². The molecule has 3 heteroatoms. The van der Waals surface area contributed by atoms with Gasteiger partial charge in [-0.25, -0.2) is 0 Å². The number of aryl methyl sites for hydroxylation is 1. The highest BCUT2D eigenvalue weighted by Gasteiger charge is 2.09.